The van der Waals surface area contributed by atoms with Crippen LogP contribution in [-0.4, -0.2) is 92.9 Å². The Hall–Kier alpha value is -2.00. The lowest BCUT2D eigenvalue weighted by Gasteiger charge is -2.21. The highest BCUT2D eigenvalue weighted by Crippen LogP contribution is 2.33. The topological polar surface area (TPSA) is 101 Å². The largest absolute Gasteiger partial charge is 0.479 e. The predicted molar refractivity (Wildman–Crippen MR) is 119 cm³/mol. The maximum absolute atomic E-state index is 12.4. The van der Waals surface area contributed by atoms with Gasteiger partial charge >= 0.3 is 5.97 Å². The Morgan fingerprint density at radius 2 is 1.61 bits per heavy atom. The van der Waals surface area contributed by atoms with Crippen molar-refractivity contribution in [1.29, 1.82) is 0 Å². The summed E-state index contributed by atoms with van der Waals surface area (Å²) in [6, 6.07) is 0. The molecule has 0 bridgehead atoms. The Labute approximate surface area is 187 Å². The van der Waals surface area contributed by atoms with Gasteiger partial charge in [-0.2, -0.15) is 0 Å². The van der Waals surface area contributed by atoms with Crippen LogP contribution in [0.25, 0.3) is 0 Å². The fourth-order valence-corrected chi connectivity index (χ4v) is 4.47. The molecule has 0 amide bonds. The lowest BCUT2D eigenvalue weighted by Crippen LogP contribution is -2.29. The molecule has 0 aromatic rings. The van der Waals surface area contributed by atoms with Crippen molar-refractivity contribution in [2.45, 2.75) is 45.0 Å². The molecule has 2 unspecified atom stereocenters. The maximum atomic E-state index is 12.4. The monoisotopic (exact) mass is 451 g/mol. The summed E-state index contributed by atoms with van der Waals surface area (Å²) in [5.74, 6) is 0.186. The normalized spacial score (nSPS) is 21.4. The number of aliphatic carboxylic acids is 1. The van der Waals surface area contributed by atoms with Gasteiger partial charge in [0.15, 0.2) is 5.44 Å². The highest BCUT2D eigenvalue weighted by molar-refractivity contribution is 8.00. The second kappa shape index (κ2) is 10.5. The number of thioether (sulfide) groups is 1. The molecule has 2 N–H and O–H groups in total. The van der Waals surface area contributed by atoms with Crippen LogP contribution in [0.15, 0.2) is 23.2 Å². The first-order chi connectivity index (χ1) is 14.9. The van der Waals surface area contributed by atoms with E-state index in [1.54, 1.807) is 0 Å². The van der Waals surface area contributed by atoms with Crippen LogP contribution in [0.4, 0.5) is 0 Å². The van der Waals surface area contributed by atoms with Gasteiger partial charge < -0.3 is 24.9 Å². The van der Waals surface area contributed by atoms with Gasteiger partial charge in [0.05, 0.1) is 5.70 Å². The van der Waals surface area contributed by atoms with Crippen LogP contribution in [0, 0.1) is 5.92 Å². The number of rotatable bonds is 11. The minimum atomic E-state index is -1.26. The summed E-state index contributed by atoms with van der Waals surface area (Å²) < 4.78 is 0. The molecule has 8 nitrogen and oxygen atoms in total. The van der Waals surface area contributed by atoms with E-state index in [4.69, 9.17) is 10.2 Å². The van der Waals surface area contributed by atoms with E-state index in [1.165, 1.54) is 18.9 Å². The average Bonchev–Trinajstić information content (AvgIpc) is 3.56. The van der Waals surface area contributed by atoms with Gasteiger partial charge in [0, 0.05) is 45.3 Å². The standard InChI is InChI=1S/C12H13N3O2.C10H20O3S/c16-9-7-8(13-1-2-13)12(17)11(15-5-6-15)10(9)14-3-4-14;1-3-5-6-8(4-2)7-14-10(13)9(11)12/h7H,1-6H2;8,10,13H,3-7H2,1-2H3,(H,11,12). The smallest absolute Gasteiger partial charge is 0.343 e. The highest BCUT2D eigenvalue weighted by atomic mass is 32.2. The van der Waals surface area contributed by atoms with E-state index in [1.807, 2.05) is 14.7 Å². The minimum absolute atomic E-state index is 0.00546. The first-order valence-corrected chi connectivity index (χ1v) is 12.2. The summed E-state index contributed by atoms with van der Waals surface area (Å²) in [7, 11) is 0. The zero-order valence-electron chi connectivity index (χ0n) is 18.4. The number of hydrogen-bond donors (Lipinski definition) is 2. The molecule has 3 aliphatic heterocycles. The molecule has 0 spiro atoms. The lowest BCUT2D eigenvalue weighted by atomic mass is 10.0. The van der Waals surface area contributed by atoms with Gasteiger partial charge in [-0.1, -0.05) is 33.1 Å². The van der Waals surface area contributed by atoms with E-state index < -0.39 is 11.4 Å². The number of unbranched alkanes of at least 4 members (excludes halogenated alkanes) is 1. The SMILES string of the molecule is CCCCC(CC)CSC(O)C(=O)O.O=C1C=C(N2CC2)C(=O)C(N2CC2)=C1N1CC1. The fourth-order valence-electron chi connectivity index (χ4n) is 3.47. The molecule has 31 heavy (non-hydrogen) atoms. The number of Topliss-reactive ketones (excluding diaryl/α,β-unsaturated/α-hetero) is 1. The molecule has 9 heteroatoms. The number of carboxylic acid groups (broad SMARTS) is 1. The molecule has 2 atom stereocenters. The Morgan fingerprint density at radius 1 is 1.03 bits per heavy atom. The van der Waals surface area contributed by atoms with E-state index >= 15 is 0 Å². The third-order valence-electron chi connectivity index (χ3n) is 5.73. The Kier molecular flexibility index (Phi) is 8.05. The zero-order valence-corrected chi connectivity index (χ0v) is 19.2. The van der Waals surface area contributed by atoms with Crippen molar-refractivity contribution in [2.24, 2.45) is 5.92 Å². The second-order valence-electron chi connectivity index (χ2n) is 8.32. The number of allylic oxidation sites excluding steroid dienone is 1. The molecule has 172 valence electrons. The van der Waals surface area contributed by atoms with Crippen molar-refractivity contribution in [2.75, 3.05) is 45.0 Å². The van der Waals surface area contributed by atoms with Crippen LogP contribution in [-0.2, 0) is 14.4 Å². The first-order valence-electron chi connectivity index (χ1n) is 11.2. The van der Waals surface area contributed by atoms with Crippen molar-refractivity contribution in [3.05, 3.63) is 23.2 Å². The van der Waals surface area contributed by atoms with Gasteiger partial charge in [0.25, 0.3) is 0 Å². The third-order valence-corrected chi connectivity index (χ3v) is 6.91. The molecular weight excluding hydrogens is 418 g/mol. The third kappa shape index (κ3) is 6.49. The van der Waals surface area contributed by atoms with E-state index in [-0.39, 0.29) is 11.6 Å². The van der Waals surface area contributed by atoms with Gasteiger partial charge in [-0.3, -0.25) is 9.59 Å². The number of carbonyl (C=O) groups is 3. The van der Waals surface area contributed by atoms with Gasteiger partial charge in [0.1, 0.15) is 11.4 Å². The van der Waals surface area contributed by atoms with E-state index in [0.717, 1.165) is 69.6 Å². The highest BCUT2D eigenvalue weighted by Gasteiger charge is 2.43. The number of aliphatic hydroxyl groups excluding tert-OH is 1. The molecule has 3 saturated heterocycles. The molecule has 3 fully saturated rings. The van der Waals surface area contributed by atoms with Gasteiger partial charge in [-0.05, 0) is 18.1 Å². The molecule has 1 aliphatic carbocycles. The summed E-state index contributed by atoms with van der Waals surface area (Å²) in [5, 5.41) is 17.5. The quantitative estimate of drug-likeness (QED) is 0.275. The van der Waals surface area contributed by atoms with Crippen molar-refractivity contribution in [1.82, 2.24) is 14.7 Å². The Bertz CT molecular complexity index is 769. The number of aliphatic hydroxyl groups is 1. The van der Waals surface area contributed by atoms with E-state index in [0.29, 0.717) is 23.0 Å². The van der Waals surface area contributed by atoms with Crippen molar-refractivity contribution < 1.29 is 24.6 Å². The predicted octanol–water partition coefficient (Wildman–Crippen LogP) is 1.52. The van der Waals surface area contributed by atoms with Gasteiger partial charge in [-0.15, -0.1) is 11.8 Å². The average molecular weight is 452 g/mol. The fraction of sp³-hybridized carbons (Fsp3) is 0.682. The number of carboxylic acids is 1. The van der Waals surface area contributed by atoms with Crippen LogP contribution in [0.3, 0.4) is 0 Å². The Morgan fingerprint density at radius 3 is 2.10 bits per heavy atom. The number of nitrogens with zero attached hydrogens (tertiary/aromatic N) is 3. The summed E-state index contributed by atoms with van der Waals surface area (Å²) in [6.45, 7) is 9.66. The zero-order chi connectivity index (χ0) is 22.5. The van der Waals surface area contributed by atoms with Crippen LogP contribution >= 0.6 is 11.8 Å². The molecule has 3 heterocycles. The van der Waals surface area contributed by atoms with Crippen molar-refractivity contribution in [3.63, 3.8) is 0 Å². The van der Waals surface area contributed by atoms with Crippen LogP contribution in [0.2, 0.25) is 0 Å². The molecule has 4 rings (SSSR count). The van der Waals surface area contributed by atoms with E-state index in [9.17, 15) is 14.4 Å². The summed E-state index contributed by atoms with van der Waals surface area (Å²) in [5.41, 5.74) is 0.628. The Balaban J connectivity index is 0.000000181. The summed E-state index contributed by atoms with van der Waals surface area (Å²) in [4.78, 5) is 40.8. The first kappa shape index (κ1) is 23.7. The minimum Gasteiger partial charge on any atom is -0.479 e. The number of hydrogen-bond acceptors (Lipinski definition) is 8. The molecule has 4 aliphatic rings. The second-order valence-corrected chi connectivity index (χ2v) is 9.43. The van der Waals surface area contributed by atoms with Crippen LogP contribution in [0.1, 0.15) is 39.5 Å². The van der Waals surface area contributed by atoms with Crippen molar-refractivity contribution >= 4 is 29.3 Å². The van der Waals surface area contributed by atoms with Crippen LogP contribution < -0.4 is 0 Å². The molecule has 0 saturated carbocycles. The van der Waals surface area contributed by atoms with E-state index in [2.05, 4.69) is 13.8 Å². The molecule has 0 aromatic heterocycles. The number of ketones is 2. The van der Waals surface area contributed by atoms with Gasteiger partial charge in [-0.25, -0.2) is 4.79 Å². The number of carbonyl (C=O) groups excluding carboxylic acids is 2. The molecule has 0 aromatic carbocycles. The van der Waals surface area contributed by atoms with Crippen LogP contribution in [0.5, 0.6) is 0 Å². The molecule has 0 radical (unpaired) electrons. The summed E-state index contributed by atoms with van der Waals surface area (Å²) >= 11 is 1.12. The maximum Gasteiger partial charge on any atom is 0.343 e. The molecular formula is C22H33N3O5S. The summed E-state index contributed by atoms with van der Waals surface area (Å²) in [6.07, 6.45) is 6.06. The van der Waals surface area contributed by atoms with Crippen molar-refractivity contribution in [3.8, 4) is 0 Å². The van der Waals surface area contributed by atoms with Gasteiger partial charge in [0.2, 0.25) is 11.6 Å². The lowest BCUT2D eigenvalue weighted by molar-refractivity contribution is -0.141.